The molecule has 1 aliphatic rings. The third kappa shape index (κ3) is 3.77. The second-order valence-electron chi connectivity index (χ2n) is 4.74. The van der Waals surface area contributed by atoms with E-state index in [1.54, 1.807) is 0 Å². The lowest BCUT2D eigenvalue weighted by Crippen LogP contribution is -2.28. The maximum atomic E-state index is 12.0. The Bertz CT molecular complexity index is 706. The Morgan fingerprint density at radius 1 is 1.57 bits per heavy atom. The molecule has 10 heteroatoms. The number of carbonyl (C=O) groups is 2. The molecular weight excluding hydrogens is 366 g/mol. The number of hydrogen-bond acceptors (Lipinski definition) is 5. The van der Waals surface area contributed by atoms with E-state index >= 15 is 0 Å². The molecule has 0 aliphatic carbocycles. The number of amides is 1. The summed E-state index contributed by atoms with van der Waals surface area (Å²) in [5.74, 6) is -1.82. The number of primary sulfonamides is 1. The van der Waals surface area contributed by atoms with Gasteiger partial charge in [0.15, 0.2) is 0 Å². The van der Waals surface area contributed by atoms with E-state index < -0.39 is 21.9 Å². The Kier molecular flexibility index (Phi) is 4.30. The van der Waals surface area contributed by atoms with Crippen LogP contribution in [0.15, 0.2) is 16.7 Å². The lowest BCUT2D eigenvalue weighted by molar-refractivity contribution is -0.117. The Morgan fingerprint density at radius 2 is 2.24 bits per heavy atom. The van der Waals surface area contributed by atoms with Crippen LogP contribution in [0.1, 0.15) is 16.8 Å². The third-order valence-electron chi connectivity index (χ3n) is 3.00. The van der Waals surface area contributed by atoms with Gasteiger partial charge in [0.2, 0.25) is 15.9 Å². The van der Waals surface area contributed by atoms with Crippen LogP contribution in [0, 0.1) is 5.92 Å². The normalized spacial score (nSPS) is 19.0. The number of anilines is 1. The number of aromatic nitrogens is 1. The van der Waals surface area contributed by atoms with Gasteiger partial charge in [-0.15, -0.1) is 0 Å². The fourth-order valence-electron chi connectivity index (χ4n) is 2.17. The monoisotopic (exact) mass is 377 g/mol. The molecule has 1 amide bonds. The first kappa shape index (κ1) is 15.9. The second-order valence-corrected chi connectivity index (χ2v) is 7.25. The highest BCUT2D eigenvalue weighted by atomic mass is 79.9. The van der Waals surface area contributed by atoms with Crippen LogP contribution in [0.3, 0.4) is 0 Å². The minimum absolute atomic E-state index is 0.0154. The van der Waals surface area contributed by atoms with Gasteiger partial charge in [0, 0.05) is 25.1 Å². The van der Waals surface area contributed by atoms with E-state index in [0.717, 1.165) is 6.20 Å². The van der Waals surface area contributed by atoms with E-state index in [0.29, 0.717) is 4.47 Å². The number of nitrogens with two attached hydrogens (primary N) is 1. The van der Waals surface area contributed by atoms with Gasteiger partial charge in [-0.25, -0.2) is 23.3 Å². The molecule has 114 valence electrons. The lowest BCUT2D eigenvalue weighted by atomic mass is 10.1. The van der Waals surface area contributed by atoms with Crippen molar-refractivity contribution in [3.05, 3.63) is 22.3 Å². The van der Waals surface area contributed by atoms with Crippen molar-refractivity contribution in [1.82, 2.24) is 4.98 Å². The van der Waals surface area contributed by atoms with Gasteiger partial charge in [-0.3, -0.25) is 9.69 Å². The maximum absolute atomic E-state index is 12.0. The summed E-state index contributed by atoms with van der Waals surface area (Å²) in [4.78, 5) is 28.1. The molecule has 0 bridgehead atoms. The number of rotatable bonds is 4. The van der Waals surface area contributed by atoms with Crippen LogP contribution < -0.4 is 10.0 Å². The van der Waals surface area contributed by atoms with Crippen LogP contribution in [0.5, 0.6) is 0 Å². The predicted molar refractivity (Wildman–Crippen MR) is 77.3 cm³/mol. The quantitative estimate of drug-likeness (QED) is 0.769. The molecule has 21 heavy (non-hydrogen) atoms. The zero-order valence-electron chi connectivity index (χ0n) is 10.7. The van der Waals surface area contributed by atoms with Crippen LogP contribution in [0.4, 0.5) is 5.82 Å². The molecule has 0 aromatic carbocycles. The number of pyridine rings is 1. The molecule has 1 aromatic rings. The number of carboxylic acids is 1. The molecule has 3 N–H and O–H groups in total. The van der Waals surface area contributed by atoms with Crippen molar-refractivity contribution in [2.24, 2.45) is 11.1 Å². The van der Waals surface area contributed by atoms with Gasteiger partial charge in [-0.2, -0.15) is 0 Å². The van der Waals surface area contributed by atoms with E-state index in [-0.39, 0.29) is 36.0 Å². The van der Waals surface area contributed by atoms with Crippen molar-refractivity contribution in [3.63, 3.8) is 0 Å². The zero-order chi connectivity index (χ0) is 15.8. The molecule has 1 aliphatic heterocycles. The standard InChI is InChI=1S/C11H12BrN3O5S/c12-8-2-7(11(17)18)3-14-10(8)15-4-6(1-9(15)16)5-21(13,19)20/h2-3,6H,1,4-5H2,(H,17,18)(H2,13,19,20). The molecular formula is C11H12BrN3O5S. The van der Waals surface area contributed by atoms with Crippen LogP contribution in [0.25, 0.3) is 0 Å². The van der Waals surface area contributed by atoms with Crippen molar-refractivity contribution >= 4 is 43.6 Å². The summed E-state index contributed by atoms with van der Waals surface area (Å²) >= 11 is 3.17. The number of aromatic carboxylic acids is 1. The first-order valence-corrected chi connectivity index (χ1v) is 8.38. The minimum atomic E-state index is -3.65. The Hall–Kier alpha value is -1.52. The Balaban J connectivity index is 2.23. The predicted octanol–water partition coefficient (Wildman–Crippen LogP) is 0.184. The smallest absolute Gasteiger partial charge is 0.337 e. The summed E-state index contributed by atoms with van der Waals surface area (Å²) in [6.07, 6.45) is 1.20. The fourth-order valence-corrected chi connectivity index (χ4v) is 3.62. The van der Waals surface area contributed by atoms with E-state index in [1.165, 1.54) is 11.0 Å². The average molecular weight is 378 g/mol. The summed E-state index contributed by atoms with van der Waals surface area (Å²) in [5, 5.41) is 13.8. The third-order valence-corrected chi connectivity index (χ3v) is 4.52. The van der Waals surface area contributed by atoms with Crippen molar-refractivity contribution in [1.29, 1.82) is 0 Å². The van der Waals surface area contributed by atoms with Crippen LogP contribution in [-0.2, 0) is 14.8 Å². The Morgan fingerprint density at radius 3 is 2.76 bits per heavy atom. The SMILES string of the molecule is NS(=O)(=O)CC1CC(=O)N(c2ncc(C(=O)O)cc2Br)C1. The summed E-state index contributed by atoms with van der Waals surface area (Å²) < 4.78 is 22.5. The first-order chi connectivity index (χ1) is 9.67. The second kappa shape index (κ2) is 5.70. The van der Waals surface area contributed by atoms with E-state index in [1.807, 2.05) is 0 Å². The van der Waals surface area contributed by atoms with Gasteiger partial charge in [-0.1, -0.05) is 0 Å². The van der Waals surface area contributed by atoms with Gasteiger partial charge < -0.3 is 5.11 Å². The molecule has 1 atom stereocenters. The van der Waals surface area contributed by atoms with E-state index in [2.05, 4.69) is 20.9 Å². The largest absolute Gasteiger partial charge is 0.478 e. The van der Waals surface area contributed by atoms with E-state index in [4.69, 9.17) is 10.2 Å². The average Bonchev–Trinajstić information content (AvgIpc) is 2.67. The maximum Gasteiger partial charge on any atom is 0.337 e. The zero-order valence-corrected chi connectivity index (χ0v) is 13.1. The molecule has 0 radical (unpaired) electrons. The van der Waals surface area contributed by atoms with E-state index in [9.17, 15) is 18.0 Å². The number of carboxylic acid groups (broad SMARTS) is 1. The van der Waals surface area contributed by atoms with Gasteiger partial charge in [0.05, 0.1) is 15.8 Å². The highest BCUT2D eigenvalue weighted by molar-refractivity contribution is 9.10. The topological polar surface area (TPSA) is 131 Å². The van der Waals surface area contributed by atoms with Gasteiger partial charge in [-0.05, 0) is 22.0 Å². The number of halogens is 1. The number of carbonyl (C=O) groups excluding carboxylic acids is 1. The van der Waals surface area contributed by atoms with Gasteiger partial charge in [0.1, 0.15) is 5.82 Å². The van der Waals surface area contributed by atoms with Crippen LogP contribution in [-0.4, -0.2) is 42.7 Å². The molecule has 8 nitrogen and oxygen atoms in total. The van der Waals surface area contributed by atoms with Crippen molar-refractivity contribution in [2.75, 3.05) is 17.2 Å². The highest BCUT2D eigenvalue weighted by Gasteiger charge is 2.34. The summed E-state index contributed by atoms with van der Waals surface area (Å²) in [5.41, 5.74) is -0.0154. The number of hydrogen-bond donors (Lipinski definition) is 2. The molecule has 1 aromatic heterocycles. The summed E-state index contributed by atoms with van der Waals surface area (Å²) in [6, 6.07) is 1.34. The number of sulfonamides is 1. The lowest BCUT2D eigenvalue weighted by Gasteiger charge is -2.17. The molecule has 1 fully saturated rings. The summed E-state index contributed by atoms with van der Waals surface area (Å²) in [7, 11) is -3.65. The van der Waals surface area contributed by atoms with Crippen LogP contribution >= 0.6 is 15.9 Å². The van der Waals surface area contributed by atoms with Crippen molar-refractivity contribution in [3.8, 4) is 0 Å². The summed E-state index contributed by atoms with van der Waals surface area (Å²) in [6.45, 7) is 0.174. The molecule has 2 rings (SSSR count). The first-order valence-electron chi connectivity index (χ1n) is 5.87. The van der Waals surface area contributed by atoms with Crippen LogP contribution in [0.2, 0.25) is 0 Å². The van der Waals surface area contributed by atoms with Crippen molar-refractivity contribution in [2.45, 2.75) is 6.42 Å². The fraction of sp³-hybridized carbons (Fsp3) is 0.364. The van der Waals surface area contributed by atoms with Gasteiger partial charge in [0.25, 0.3) is 0 Å². The number of nitrogens with zero attached hydrogens (tertiary/aromatic N) is 2. The van der Waals surface area contributed by atoms with Crippen molar-refractivity contribution < 1.29 is 23.1 Å². The Labute approximate surface area is 129 Å². The molecule has 0 spiro atoms. The minimum Gasteiger partial charge on any atom is -0.478 e. The van der Waals surface area contributed by atoms with Gasteiger partial charge >= 0.3 is 5.97 Å². The molecule has 0 saturated carbocycles. The molecule has 2 heterocycles. The highest BCUT2D eigenvalue weighted by Crippen LogP contribution is 2.30. The molecule has 1 unspecified atom stereocenters. The molecule has 1 saturated heterocycles.